The van der Waals surface area contributed by atoms with Gasteiger partial charge in [-0.25, -0.2) is 0 Å². The number of fused-ring (bicyclic) bond motifs is 1. The molecular weight excluding hydrogens is 338 g/mol. The number of nitrogens with zero attached hydrogens (tertiary/aromatic N) is 1. The predicted octanol–water partition coefficient (Wildman–Crippen LogP) is 1.97. The fourth-order valence-corrected chi connectivity index (χ4v) is 3.30. The van der Waals surface area contributed by atoms with Crippen molar-refractivity contribution in [3.63, 3.8) is 0 Å². The molecule has 1 aromatic rings. The van der Waals surface area contributed by atoms with E-state index in [0.29, 0.717) is 11.1 Å². The van der Waals surface area contributed by atoms with Gasteiger partial charge in [-0.15, -0.1) is 0 Å². The molecule has 1 aliphatic carbocycles. The molecule has 2 aliphatic rings. The molecule has 0 spiro atoms. The number of benzene rings is 1. The van der Waals surface area contributed by atoms with Crippen LogP contribution in [0.2, 0.25) is 0 Å². The summed E-state index contributed by atoms with van der Waals surface area (Å²) in [5.41, 5.74) is 0.763. The molecular formula is C19H19NO6. The summed E-state index contributed by atoms with van der Waals surface area (Å²) < 4.78 is 10.1. The summed E-state index contributed by atoms with van der Waals surface area (Å²) in [5.74, 6) is -3.85. The standard InChI is InChI=1S/C19H19NO6/c1-3-25-18(23)12-9-20-15(13(12)19(24)26-4-2)14-16(21)10-7-5-6-8-11(10)17(14)22/h5-8,12-13,21H,3-4,9H2,1-2H3/t12-,13+/m1/s1. The number of rotatable bonds is 5. The zero-order chi connectivity index (χ0) is 18.8. The average molecular weight is 357 g/mol. The van der Waals surface area contributed by atoms with E-state index in [0.717, 1.165) is 0 Å². The molecule has 1 aliphatic heterocycles. The zero-order valence-corrected chi connectivity index (χ0v) is 14.5. The molecule has 0 saturated carbocycles. The number of hydrogen-bond acceptors (Lipinski definition) is 7. The molecule has 1 N–H and O–H groups in total. The topological polar surface area (TPSA) is 102 Å². The highest BCUT2D eigenvalue weighted by molar-refractivity contribution is 6.38. The van der Waals surface area contributed by atoms with E-state index in [-0.39, 0.29) is 36.8 Å². The number of esters is 2. The fourth-order valence-electron chi connectivity index (χ4n) is 3.30. The van der Waals surface area contributed by atoms with Crippen LogP contribution in [0.5, 0.6) is 0 Å². The highest BCUT2D eigenvalue weighted by Gasteiger charge is 2.48. The van der Waals surface area contributed by atoms with Gasteiger partial charge >= 0.3 is 11.9 Å². The number of aliphatic hydroxyl groups is 1. The summed E-state index contributed by atoms with van der Waals surface area (Å²) in [7, 11) is 0. The third kappa shape index (κ3) is 2.79. The number of hydrogen-bond donors (Lipinski definition) is 1. The Morgan fingerprint density at radius 3 is 2.35 bits per heavy atom. The summed E-state index contributed by atoms with van der Waals surface area (Å²) in [6.07, 6.45) is 0. The number of allylic oxidation sites excluding steroid dienone is 1. The van der Waals surface area contributed by atoms with Gasteiger partial charge in [0.1, 0.15) is 11.7 Å². The third-order valence-electron chi connectivity index (χ3n) is 4.43. The molecule has 0 radical (unpaired) electrons. The molecule has 0 bridgehead atoms. The molecule has 0 unspecified atom stereocenters. The van der Waals surface area contributed by atoms with E-state index in [1.54, 1.807) is 38.1 Å². The monoisotopic (exact) mass is 357 g/mol. The van der Waals surface area contributed by atoms with Crippen LogP contribution in [0.4, 0.5) is 0 Å². The SMILES string of the molecule is CCOC(=O)[C@@H]1C(C2=C(O)c3ccccc3C2=O)=NC[C@H]1C(=O)OCC. The van der Waals surface area contributed by atoms with Crippen LogP contribution in [0.25, 0.3) is 5.76 Å². The Morgan fingerprint density at radius 2 is 1.73 bits per heavy atom. The molecule has 7 heteroatoms. The Hall–Kier alpha value is -2.96. The first kappa shape index (κ1) is 17.8. The normalized spacial score (nSPS) is 21.5. The number of carbonyl (C=O) groups is 3. The minimum atomic E-state index is -1.08. The average Bonchev–Trinajstić information content (AvgIpc) is 3.16. The fraction of sp³-hybridized carbons (Fsp3) is 0.368. The molecule has 2 atom stereocenters. The van der Waals surface area contributed by atoms with Gasteiger partial charge in [-0.05, 0) is 13.8 Å². The lowest BCUT2D eigenvalue weighted by molar-refractivity contribution is -0.156. The number of aliphatic hydroxyl groups excluding tert-OH is 1. The van der Waals surface area contributed by atoms with E-state index in [2.05, 4.69) is 4.99 Å². The molecule has 0 amide bonds. The molecule has 0 fully saturated rings. The van der Waals surface area contributed by atoms with Crippen LogP contribution in [0.15, 0.2) is 34.8 Å². The Bertz CT molecular complexity index is 838. The zero-order valence-electron chi connectivity index (χ0n) is 14.5. The second kappa shape index (κ2) is 7.11. The van der Waals surface area contributed by atoms with E-state index < -0.39 is 29.6 Å². The van der Waals surface area contributed by atoms with Crippen molar-refractivity contribution in [3.8, 4) is 0 Å². The Kier molecular flexibility index (Phi) is 4.88. The second-order valence-corrected chi connectivity index (χ2v) is 5.91. The summed E-state index contributed by atoms with van der Waals surface area (Å²) in [5, 5.41) is 10.5. The van der Waals surface area contributed by atoms with Crippen molar-refractivity contribution in [1.29, 1.82) is 0 Å². The van der Waals surface area contributed by atoms with Crippen molar-refractivity contribution < 1.29 is 29.0 Å². The first-order valence-electron chi connectivity index (χ1n) is 8.46. The smallest absolute Gasteiger partial charge is 0.315 e. The van der Waals surface area contributed by atoms with Gasteiger partial charge in [-0.2, -0.15) is 0 Å². The maximum atomic E-state index is 12.8. The van der Waals surface area contributed by atoms with Gasteiger partial charge in [-0.3, -0.25) is 19.4 Å². The van der Waals surface area contributed by atoms with E-state index in [1.807, 2.05) is 0 Å². The molecule has 0 saturated heterocycles. The summed E-state index contributed by atoms with van der Waals surface area (Å²) >= 11 is 0. The van der Waals surface area contributed by atoms with Gasteiger partial charge < -0.3 is 14.6 Å². The summed E-state index contributed by atoms with van der Waals surface area (Å²) in [4.78, 5) is 41.7. The van der Waals surface area contributed by atoms with Gasteiger partial charge in [0.05, 0.1) is 37.0 Å². The molecule has 0 aromatic heterocycles. The number of ether oxygens (including phenoxy) is 2. The summed E-state index contributed by atoms with van der Waals surface area (Å²) in [6, 6.07) is 6.60. The van der Waals surface area contributed by atoms with E-state index in [4.69, 9.17) is 9.47 Å². The molecule has 1 aromatic carbocycles. The van der Waals surface area contributed by atoms with Crippen molar-refractivity contribution in [2.24, 2.45) is 16.8 Å². The van der Waals surface area contributed by atoms with Crippen molar-refractivity contribution in [3.05, 3.63) is 41.0 Å². The molecule has 136 valence electrons. The molecule has 26 heavy (non-hydrogen) atoms. The second-order valence-electron chi connectivity index (χ2n) is 5.91. The van der Waals surface area contributed by atoms with Crippen molar-refractivity contribution in [2.45, 2.75) is 13.8 Å². The van der Waals surface area contributed by atoms with E-state index in [9.17, 15) is 19.5 Å². The number of carbonyl (C=O) groups excluding carboxylic acids is 3. The Balaban J connectivity index is 2.01. The first-order valence-corrected chi connectivity index (χ1v) is 8.46. The maximum Gasteiger partial charge on any atom is 0.315 e. The van der Waals surface area contributed by atoms with E-state index in [1.165, 1.54) is 0 Å². The van der Waals surface area contributed by atoms with Gasteiger partial charge in [0, 0.05) is 11.1 Å². The maximum absolute atomic E-state index is 12.8. The molecule has 3 rings (SSSR count). The van der Waals surface area contributed by atoms with Gasteiger partial charge in [0.25, 0.3) is 0 Å². The van der Waals surface area contributed by atoms with Crippen LogP contribution < -0.4 is 0 Å². The van der Waals surface area contributed by atoms with Crippen molar-refractivity contribution in [1.82, 2.24) is 0 Å². The van der Waals surface area contributed by atoms with Crippen LogP contribution >= 0.6 is 0 Å². The quantitative estimate of drug-likeness (QED) is 0.808. The highest BCUT2D eigenvalue weighted by Crippen LogP contribution is 2.37. The van der Waals surface area contributed by atoms with Crippen LogP contribution in [-0.2, 0) is 19.1 Å². The molecule has 1 heterocycles. The number of ketones is 1. The van der Waals surface area contributed by atoms with Crippen molar-refractivity contribution in [2.75, 3.05) is 19.8 Å². The van der Waals surface area contributed by atoms with Crippen molar-refractivity contribution >= 4 is 29.2 Å². The van der Waals surface area contributed by atoms with Gasteiger partial charge in [0.15, 0.2) is 5.78 Å². The van der Waals surface area contributed by atoms with E-state index >= 15 is 0 Å². The summed E-state index contributed by atoms with van der Waals surface area (Å²) in [6.45, 7) is 3.60. The van der Waals surface area contributed by atoms with Gasteiger partial charge in [-0.1, -0.05) is 24.3 Å². The predicted molar refractivity (Wildman–Crippen MR) is 92.9 cm³/mol. The minimum absolute atomic E-state index is 0.00193. The Labute approximate surface area is 150 Å². The van der Waals surface area contributed by atoms with Crippen LogP contribution in [0.3, 0.4) is 0 Å². The minimum Gasteiger partial charge on any atom is -0.506 e. The van der Waals surface area contributed by atoms with Crippen LogP contribution in [0.1, 0.15) is 29.8 Å². The largest absolute Gasteiger partial charge is 0.506 e. The van der Waals surface area contributed by atoms with Crippen LogP contribution in [-0.4, -0.2) is 48.3 Å². The lowest BCUT2D eigenvalue weighted by atomic mass is 9.86. The highest BCUT2D eigenvalue weighted by atomic mass is 16.5. The van der Waals surface area contributed by atoms with Crippen LogP contribution in [0, 0.1) is 11.8 Å². The first-order chi connectivity index (χ1) is 12.5. The van der Waals surface area contributed by atoms with Gasteiger partial charge in [0.2, 0.25) is 0 Å². The molecule has 7 nitrogen and oxygen atoms in total. The number of Topliss-reactive ketones (excluding diaryl/α,β-unsaturated/α-hetero) is 1. The Morgan fingerprint density at radius 1 is 1.12 bits per heavy atom. The lowest BCUT2D eigenvalue weighted by Gasteiger charge is -2.18. The third-order valence-corrected chi connectivity index (χ3v) is 4.43. The number of aliphatic imine (C=N–C) groups is 1. The lowest BCUT2D eigenvalue weighted by Crippen LogP contribution is -2.36.